The lowest BCUT2D eigenvalue weighted by molar-refractivity contribution is -0.138. The average Bonchev–Trinajstić information content (AvgIpc) is 2.89. The molecule has 0 amide bonds. The van der Waals surface area contributed by atoms with Gasteiger partial charge in [-0.25, -0.2) is 0 Å². The molecule has 0 aromatic heterocycles. The number of benzene rings is 1. The van der Waals surface area contributed by atoms with Gasteiger partial charge >= 0.3 is 6.18 Å². The van der Waals surface area contributed by atoms with Gasteiger partial charge in [0.1, 0.15) is 11.9 Å². The van der Waals surface area contributed by atoms with E-state index in [-0.39, 0.29) is 12.5 Å². The SMILES string of the molecule is C[C@@H]1Cc2c(cccc2C(F)(F)F)C(C2=NCCN2)O1. The third-order valence-corrected chi connectivity index (χ3v) is 3.61. The Morgan fingerprint density at radius 1 is 1.35 bits per heavy atom. The molecular weight excluding hydrogens is 269 g/mol. The van der Waals surface area contributed by atoms with E-state index in [4.69, 9.17) is 4.74 Å². The minimum atomic E-state index is -4.34. The summed E-state index contributed by atoms with van der Waals surface area (Å²) in [4.78, 5) is 4.28. The molecule has 1 aromatic carbocycles. The first-order valence-electron chi connectivity index (χ1n) is 6.59. The van der Waals surface area contributed by atoms with Gasteiger partial charge in [-0.3, -0.25) is 4.99 Å². The van der Waals surface area contributed by atoms with Crippen molar-refractivity contribution in [1.82, 2.24) is 5.32 Å². The molecule has 0 aliphatic carbocycles. The van der Waals surface area contributed by atoms with Crippen molar-refractivity contribution in [2.75, 3.05) is 13.1 Å². The molecule has 1 unspecified atom stereocenters. The molecule has 3 nitrogen and oxygen atoms in total. The Balaban J connectivity index is 2.09. The fraction of sp³-hybridized carbons (Fsp3) is 0.500. The van der Waals surface area contributed by atoms with Crippen LogP contribution in [0.4, 0.5) is 13.2 Å². The number of ether oxygens (including phenoxy) is 1. The molecule has 108 valence electrons. The minimum Gasteiger partial charge on any atom is -0.369 e. The number of amidine groups is 1. The van der Waals surface area contributed by atoms with E-state index in [1.165, 1.54) is 6.07 Å². The zero-order valence-electron chi connectivity index (χ0n) is 11.0. The number of nitrogens with zero attached hydrogens (tertiary/aromatic N) is 1. The lowest BCUT2D eigenvalue weighted by atomic mass is 9.89. The Morgan fingerprint density at radius 3 is 2.80 bits per heavy atom. The van der Waals surface area contributed by atoms with E-state index in [9.17, 15) is 13.2 Å². The lowest BCUT2D eigenvalue weighted by Crippen LogP contribution is -2.35. The fourth-order valence-corrected chi connectivity index (χ4v) is 2.79. The topological polar surface area (TPSA) is 33.6 Å². The normalized spacial score (nSPS) is 25.9. The predicted octanol–water partition coefficient (Wildman–Crippen LogP) is 2.71. The van der Waals surface area contributed by atoms with E-state index in [0.29, 0.717) is 30.1 Å². The Bertz CT molecular complexity index is 554. The Labute approximate surface area is 114 Å². The van der Waals surface area contributed by atoms with Crippen LogP contribution >= 0.6 is 0 Å². The standard InChI is InChI=1S/C14H15F3N2O/c1-8-7-10-9(3-2-4-11(10)14(15,16)17)12(20-8)13-18-5-6-19-13/h2-4,8,12H,5-7H2,1H3,(H,18,19)/t8-,12?/m1/s1. The van der Waals surface area contributed by atoms with Crippen LogP contribution in [0.5, 0.6) is 0 Å². The summed E-state index contributed by atoms with van der Waals surface area (Å²) in [6.07, 6.45) is -4.84. The molecular formula is C14H15F3N2O. The Morgan fingerprint density at radius 2 is 2.15 bits per heavy atom. The third kappa shape index (κ3) is 2.28. The van der Waals surface area contributed by atoms with Crippen molar-refractivity contribution >= 4 is 5.84 Å². The van der Waals surface area contributed by atoms with Crippen LogP contribution in [0.15, 0.2) is 23.2 Å². The number of nitrogens with one attached hydrogen (secondary N) is 1. The minimum absolute atomic E-state index is 0.263. The van der Waals surface area contributed by atoms with Crippen molar-refractivity contribution in [3.8, 4) is 0 Å². The van der Waals surface area contributed by atoms with Crippen LogP contribution in [0.2, 0.25) is 0 Å². The molecule has 2 heterocycles. The first kappa shape index (κ1) is 13.4. The molecule has 0 fully saturated rings. The summed E-state index contributed by atoms with van der Waals surface area (Å²) in [6.45, 7) is 3.13. The third-order valence-electron chi connectivity index (χ3n) is 3.61. The quantitative estimate of drug-likeness (QED) is 0.860. The molecule has 3 rings (SSSR count). The fourth-order valence-electron chi connectivity index (χ4n) is 2.79. The van der Waals surface area contributed by atoms with Gasteiger partial charge in [-0.05, 0) is 30.5 Å². The van der Waals surface area contributed by atoms with Gasteiger partial charge in [0, 0.05) is 6.54 Å². The molecule has 0 spiro atoms. The van der Waals surface area contributed by atoms with Gasteiger partial charge in [0.05, 0.1) is 18.2 Å². The van der Waals surface area contributed by atoms with E-state index >= 15 is 0 Å². The zero-order chi connectivity index (χ0) is 14.3. The summed E-state index contributed by atoms with van der Waals surface area (Å²) in [6, 6.07) is 4.27. The molecule has 0 saturated heterocycles. The van der Waals surface area contributed by atoms with Crippen molar-refractivity contribution in [2.24, 2.45) is 4.99 Å². The molecule has 0 radical (unpaired) electrons. The highest BCUT2D eigenvalue weighted by atomic mass is 19.4. The van der Waals surface area contributed by atoms with Crippen LogP contribution in [-0.2, 0) is 17.3 Å². The number of alkyl halides is 3. The molecule has 1 N–H and O–H groups in total. The van der Waals surface area contributed by atoms with Gasteiger partial charge in [-0.1, -0.05) is 12.1 Å². The molecule has 20 heavy (non-hydrogen) atoms. The van der Waals surface area contributed by atoms with Crippen molar-refractivity contribution in [1.29, 1.82) is 0 Å². The van der Waals surface area contributed by atoms with Gasteiger partial charge in [0.15, 0.2) is 0 Å². The maximum Gasteiger partial charge on any atom is 0.416 e. The average molecular weight is 284 g/mol. The largest absolute Gasteiger partial charge is 0.416 e. The first-order chi connectivity index (χ1) is 9.47. The van der Waals surface area contributed by atoms with Crippen LogP contribution in [-0.4, -0.2) is 25.0 Å². The highest BCUT2D eigenvalue weighted by Gasteiger charge is 2.39. The number of rotatable bonds is 1. The van der Waals surface area contributed by atoms with E-state index in [2.05, 4.69) is 10.3 Å². The summed E-state index contributed by atoms with van der Waals surface area (Å²) in [5, 5.41) is 3.09. The summed E-state index contributed by atoms with van der Waals surface area (Å²) >= 11 is 0. The molecule has 2 atom stereocenters. The lowest BCUT2D eigenvalue weighted by Gasteiger charge is -2.32. The van der Waals surface area contributed by atoms with E-state index in [1.807, 2.05) is 0 Å². The maximum absolute atomic E-state index is 13.1. The molecule has 1 aromatic rings. The smallest absolute Gasteiger partial charge is 0.369 e. The van der Waals surface area contributed by atoms with Crippen molar-refractivity contribution in [3.05, 3.63) is 34.9 Å². The second kappa shape index (κ2) is 4.77. The van der Waals surface area contributed by atoms with Gasteiger partial charge < -0.3 is 10.1 Å². The van der Waals surface area contributed by atoms with Crippen LogP contribution in [0.3, 0.4) is 0 Å². The Kier molecular flexibility index (Phi) is 3.20. The molecule has 0 bridgehead atoms. The van der Waals surface area contributed by atoms with Gasteiger partial charge in [-0.2, -0.15) is 13.2 Å². The summed E-state index contributed by atoms with van der Waals surface area (Å²) < 4.78 is 45.2. The van der Waals surface area contributed by atoms with E-state index in [0.717, 1.165) is 6.07 Å². The first-order valence-corrected chi connectivity index (χ1v) is 6.59. The van der Waals surface area contributed by atoms with Crippen molar-refractivity contribution in [2.45, 2.75) is 31.7 Å². The number of halogens is 3. The van der Waals surface area contributed by atoms with Crippen molar-refractivity contribution < 1.29 is 17.9 Å². The number of fused-ring (bicyclic) bond motifs is 1. The number of aliphatic imine (C=N–C) groups is 1. The molecule has 6 heteroatoms. The summed E-state index contributed by atoms with van der Waals surface area (Å²) in [5.41, 5.74) is 0.347. The second-order valence-electron chi connectivity index (χ2n) is 5.10. The summed E-state index contributed by atoms with van der Waals surface area (Å²) in [5.74, 6) is 0.636. The maximum atomic E-state index is 13.1. The van der Waals surface area contributed by atoms with E-state index < -0.39 is 17.8 Å². The van der Waals surface area contributed by atoms with Crippen molar-refractivity contribution in [3.63, 3.8) is 0 Å². The molecule has 0 saturated carbocycles. The van der Waals surface area contributed by atoms with Crippen LogP contribution in [0.1, 0.15) is 29.7 Å². The van der Waals surface area contributed by atoms with Gasteiger partial charge in [-0.15, -0.1) is 0 Å². The molecule has 2 aliphatic rings. The Hall–Kier alpha value is -1.56. The monoisotopic (exact) mass is 284 g/mol. The van der Waals surface area contributed by atoms with E-state index in [1.54, 1.807) is 13.0 Å². The van der Waals surface area contributed by atoms with Crippen LogP contribution < -0.4 is 5.32 Å². The highest BCUT2D eigenvalue weighted by Crippen LogP contribution is 2.39. The summed E-state index contributed by atoms with van der Waals surface area (Å²) in [7, 11) is 0. The van der Waals surface area contributed by atoms with Gasteiger partial charge in [0.2, 0.25) is 0 Å². The molecule has 2 aliphatic heterocycles. The zero-order valence-corrected chi connectivity index (χ0v) is 11.0. The van der Waals surface area contributed by atoms with Crippen LogP contribution in [0.25, 0.3) is 0 Å². The van der Waals surface area contributed by atoms with Gasteiger partial charge in [0.25, 0.3) is 0 Å². The second-order valence-corrected chi connectivity index (χ2v) is 5.10. The highest BCUT2D eigenvalue weighted by molar-refractivity contribution is 5.89. The predicted molar refractivity (Wildman–Crippen MR) is 68.7 cm³/mol. The van der Waals surface area contributed by atoms with Crippen LogP contribution in [0, 0.1) is 0 Å². The number of hydrogen-bond acceptors (Lipinski definition) is 3. The number of hydrogen-bond donors (Lipinski definition) is 1.